The molecule has 1 heterocycles. The summed E-state index contributed by atoms with van der Waals surface area (Å²) >= 11 is 1.85. The quantitative estimate of drug-likeness (QED) is 0.855. The third-order valence-electron chi connectivity index (χ3n) is 2.96. The molecule has 2 nitrogen and oxygen atoms in total. The van der Waals surface area contributed by atoms with E-state index in [1.165, 1.54) is 15.3 Å². The van der Waals surface area contributed by atoms with Crippen LogP contribution in [-0.4, -0.2) is 13.2 Å². The molecule has 0 aliphatic rings. The minimum Gasteiger partial charge on any atom is -0.494 e. The van der Waals surface area contributed by atoms with Gasteiger partial charge in [0.1, 0.15) is 5.75 Å². The van der Waals surface area contributed by atoms with E-state index in [-0.39, 0.29) is 6.04 Å². The SMILES string of the molecule is CCNC(c1cccc(OCC)c1)c1ccc(C)s1. The Bertz CT molecular complexity index is 521. The average molecular weight is 275 g/mol. The van der Waals surface area contributed by atoms with E-state index < -0.39 is 0 Å². The van der Waals surface area contributed by atoms with Crippen molar-refractivity contribution in [2.24, 2.45) is 0 Å². The number of aryl methyl sites for hydroxylation is 1. The van der Waals surface area contributed by atoms with Gasteiger partial charge in [0.15, 0.2) is 0 Å². The zero-order valence-corrected chi connectivity index (χ0v) is 12.6. The van der Waals surface area contributed by atoms with E-state index in [0.717, 1.165) is 12.3 Å². The first-order chi connectivity index (χ1) is 9.24. The van der Waals surface area contributed by atoms with Crippen LogP contribution in [0.1, 0.15) is 35.2 Å². The predicted octanol–water partition coefficient (Wildman–Crippen LogP) is 4.15. The van der Waals surface area contributed by atoms with Crippen molar-refractivity contribution < 1.29 is 4.74 Å². The Morgan fingerprint density at radius 1 is 1.21 bits per heavy atom. The first-order valence-corrected chi connectivity index (χ1v) is 7.58. The molecule has 1 unspecified atom stereocenters. The van der Waals surface area contributed by atoms with Crippen LogP contribution in [0.25, 0.3) is 0 Å². The fourth-order valence-corrected chi connectivity index (χ4v) is 3.13. The van der Waals surface area contributed by atoms with Gasteiger partial charge in [-0.1, -0.05) is 19.1 Å². The Kier molecular flexibility index (Phi) is 5.00. The molecule has 2 rings (SSSR count). The smallest absolute Gasteiger partial charge is 0.119 e. The molecule has 19 heavy (non-hydrogen) atoms. The van der Waals surface area contributed by atoms with Crippen LogP contribution >= 0.6 is 11.3 Å². The highest BCUT2D eigenvalue weighted by molar-refractivity contribution is 7.12. The molecule has 0 radical (unpaired) electrons. The lowest BCUT2D eigenvalue weighted by atomic mass is 10.0. The van der Waals surface area contributed by atoms with Crippen LogP contribution in [0.4, 0.5) is 0 Å². The van der Waals surface area contributed by atoms with Gasteiger partial charge < -0.3 is 10.1 Å². The summed E-state index contributed by atoms with van der Waals surface area (Å²) in [7, 11) is 0. The molecule has 1 N–H and O–H groups in total. The molecule has 2 aromatic rings. The van der Waals surface area contributed by atoms with E-state index in [1.807, 2.05) is 24.3 Å². The summed E-state index contributed by atoms with van der Waals surface area (Å²) in [6.45, 7) is 7.94. The number of nitrogens with one attached hydrogen (secondary N) is 1. The minimum absolute atomic E-state index is 0.254. The van der Waals surface area contributed by atoms with Gasteiger partial charge in [0.2, 0.25) is 0 Å². The highest BCUT2D eigenvalue weighted by Crippen LogP contribution is 2.30. The van der Waals surface area contributed by atoms with Crippen LogP contribution in [0.3, 0.4) is 0 Å². The summed E-state index contributed by atoms with van der Waals surface area (Å²) in [5.41, 5.74) is 1.26. The molecule has 0 saturated heterocycles. The molecule has 0 spiro atoms. The van der Waals surface area contributed by atoms with Crippen LogP contribution < -0.4 is 10.1 Å². The largest absolute Gasteiger partial charge is 0.494 e. The van der Waals surface area contributed by atoms with Gasteiger partial charge in [0.25, 0.3) is 0 Å². The lowest BCUT2D eigenvalue weighted by Gasteiger charge is -2.18. The minimum atomic E-state index is 0.254. The number of benzene rings is 1. The Balaban J connectivity index is 2.30. The van der Waals surface area contributed by atoms with Gasteiger partial charge in [0, 0.05) is 9.75 Å². The second-order valence-corrected chi connectivity index (χ2v) is 5.76. The third-order valence-corrected chi connectivity index (χ3v) is 4.02. The summed E-state index contributed by atoms with van der Waals surface area (Å²) in [6.07, 6.45) is 0. The first-order valence-electron chi connectivity index (χ1n) is 6.77. The van der Waals surface area contributed by atoms with Crippen molar-refractivity contribution in [1.29, 1.82) is 0 Å². The topological polar surface area (TPSA) is 21.3 Å². The van der Waals surface area contributed by atoms with E-state index >= 15 is 0 Å². The van der Waals surface area contributed by atoms with Gasteiger partial charge in [0.05, 0.1) is 12.6 Å². The van der Waals surface area contributed by atoms with Gasteiger partial charge in [-0.15, -0.1) is 11.3 Å². The van der Waals surface area contributed by atoms with E-state index in [4.69, 9.17) is 4.74 Å². The van der Waals surface area contributed by atoms with Crippen LogP contribution in [0.2, 0.25) is 0 Å². The third kappa shape index (κ3) is 3.58. The number of hydrogen-bond acceptors (Lipinski definition) is 3. The molecule has 0 saturated carbocycles. The lowest BCUT2D eigenvalue weighted by Crippen LogP contribution is -2.21. The molecule has 102 valence electrons. The fourth-order valence-electron chi connectivity index (χ4n) is 2.15. The van der Waals surface area contributed by atoms with Gasteiger partial charge in [-0.05, 0) is 50.2 Å². The highest BCUT2D eigenvalue weighted by Gasteiger charge is 2.15. The van der Waals surface area contributed by atoms with E-state index in [2.05, 4.69) is 49.5 Å². The summed E-state index contributed by atoms with van der Waals surface area (Å²) in [5.74, 6) is 0.941. The second-order valence-electron chi connectivity index (χ2n) is 4.44. The maximum absolute atomic E-state index is 5.59. The van der Waals surface area contributed by atoms with Crippen LogP contribution in [0.5, 0.6) is 5.75 Å². The predicted molar refractivity (Wildman–Crippen MR) is 82.2 cm³/mol. The van der Waals surface area contributed by atoms with Crippen molar-refractivity contribution in [2.45, 2.75) is 26.8 Å². The number of thiophene rings is 1. The van der Waals surface area contributed by atoms with E-state index in [0.29, 0.717) is 6.61 Å². The molecular weight excluding hydrogens is 254 g/mol. The van der Waals surface area contributed by atoms with E-state index in [9.17, 15) is 0 Å². The average Bonchev–Trinajstić information content (AvgIpc) is 2.83. The molecule has 1 atom stereocenters. The second kappa shape index (κ2) is 6.73. The molecule has 0 amide bonds. The number of hydrogen-bond donors (Lipinski definition) is 1. The Hall–Kier alpha value is -1.32. The molecule has 0 bridgehead atoms. The normalized spacial score (nSPS) is 12.4. The van der Waals surface area contributed by atoms with Gasteiger partial charge in [-0.25, -0.2) is 0 Å². The van der Waals surface area contributed by atoms with E-state index in [1.54, 1.807) is 0 Å². The highest BCUT2D eigenvalue weighted by atomic mass is 32.1. The summed E-state index contributed by atoms with van der Waals surface area (Å²) in [4.78, 5) is 2.70. The zero-order valence-electron chi connectivity index (χ0n) is 11.8. The maximum atomic E-state index is 5.59. The summed E-state index contributed by atoms with van der Waals surface area (Å²) < 4.78 is 5.59. The lowest BCUT2D eigenvalue weighted by molar-refractivity contribution is 0.339. The molecule has 0 aliphatic carbocycles. The molecule has 3 heteroatoms. The zero-order chi connectivity index (χ0) is 13.7. The van der Waals surface area contributed by atoms with Crippen molar-refractivity contribution in [2.75, 3.05) is 13.2 Å². The Labute approximate surface area is 119 Å². The molecule has 0 aliphatic heterocycles. The summed E-state index contributed by atoms with van der Waals surface area (Å²) in [6, 6.07) is 13.0. The standard InChI is InChI=1S/C16H21NOS/c1-4-17-16(15-10-9-12(3)19-15)13-7-6-8-14(11-13)18-5-2/h6-11,16-17H,4-5H2,1-3H3. The first kappa shape index (κ1) is 14.1. The van der Waals surface area contributed by atoms with Crippen LogP contribution in [0, 0.1) is 6.92 Å². The molecular formula is C16H21NOS. The van der Waals surface area contributed by atoms with Crippen molar-refractivity contribution in [1.82, 2.24) is 5.32 Å². The maximum Gasteiger partial charge on any atom is 0.119 e. The molecule has 1 aromatic heterocycles. The van der Waals surface area contributed by atoms with Crippen LogP contribution in [0.15, 0.2) is 36.4 Å². The van der Waals surface area contributed by atoms with Gasteiger partial charge in [-0.2, -0.15) is 0 Å². The Morgan fingerprint density at radius 3 is 2.68 bits per heavy atom. The molecule has 0 fully saturated rings. The molecule has 1 aromatic carbocycles. The fraction of sp³-hybridized carbons (Fsp3) is 0.375. The van der Waals surface area contributed by atoms with Crippen molar-refractivity contribution in [3.8, 4) is 5.75 Å². The number of rotatable bonds is 6. The van der Waals surface area contributed by atoms with Crippen molar-refractivity contribution in [3.05, 3.63) is 51.7 Å². The Morgan fingerprint density at radius 2 is 2.05 bits per heavy atom. The van der Waals surface area contributed by atoms with Crippen molar-refractivity contribution >= 4 is 11.3 Å². The van der Waals surface area contributed by atoms with Crippen LogP contribution in [-0.2, 0) is 0 Å². The van der Waals surface area contributed by atoms with Crippen molar-refractivity contribution in [3.63, 3.8) is 0 Å². The van der Waals surface area contributed by atoms with Gasteiger partial charge in [-0.3, -0.25) is 0 Å². The summed E-state index contributed by atoms with van der Waals surface area (Å²) in [5, 5.41) is 3.55. The monoisotopic (exact) mass is 275 g/mol. The number of ether oxygens (including phenoxy) is 1. The van der Waals surface area contributed by atoms with Gasteiger partial charge >= 0.3 is 0 Å².